The van der Waals surface area contributed by atoms with E-state index in [2.05, 4.69) is 15.5 Å². The molecular formula is C17H25N3O3. The molecule has 0 radical (unpaired) electrons. The summed E-state index contributed by atoms with van der Waals surface area (Å²) in [5.74, 6) is 0.753. The molecule has 0 aliphatic rings. The summed E-state index contributed by atoms with van der Waals surface area (Å²) >= 11 is 0. The number of aryl methyl sites for hydroxylation is 1. The predicted molar refractivity (Wildman–Crippen MR) is 89.9 cm³/mol. The maximum absolute atomic E-state index is 11.9. The number of ether oxygens (including phenoxy) is 2. The van der Waals surface area contributed by atoms with Crippen molar-refractivity contribution in [1.82, 2.24) is 15.5 Å². The Labute approximate surface area is 136 Å². The molecule has 0 fully saturated rings. The third-order valence-electron chi connectivity index (χ3n) is 3.42. The minimum absolute atomic E-state index is 0.0746. The summed E-state index contributed by atoms with van der Waals surface area (Å²) < 4.78 is 10.6. The van der Waals surface area contributed by atoms with Gasteiger partial charge in [0.05, 0.1) is 12.6 Å². The minimum atomic E-state index is -0.506. The van der Waals surface area contributed by atoms with E-state index in [9.17, 15) is 4.79 Å². The van der Waals surface area contributed by atoms with Gasteiger partial charge in [-0.15, -0.1) is 0 Å². The van der Waals surface area contributed by atoms with E-state index in [0.29, 0.717) is 6.42 Å². The molecule has 0 saturated heterocycles. The van der Waals surface area contributed by atoms with Gasteiger partial charge in [-0.1, -0.05) is 0 Å². The number of rotatable bonds is 4. The normalized spacial score (nSPS) is 13.0. The third kappa shape index (κ3) is 4.37. The number of aromatic nitrogens is 2. The van der Waals surface area contributed by atoms with Crippen LogP contribution in [0.15, 0.2) is 12.1 Å². The number of carbonyl (C=O) groups excluding carboxylic acids is 1. The predicted octanol–water partition coefficient (Wildman–Crippen LogP) is 3.34. The monoisotopic (exact) mass is 319 g/mol. The second kappa shape index (κ2) is 6.48. The average molecular weight is 319 g/mol. The van der Waals surface area contributed by atoms with Gasteiger partial charge in [0.15, 0.2) is 0 Å². The first kappa shape index (κ1) is 17.1. The van der Waals surface area contributed by atoms with Gasteiger partial charge in [0.1, 0.15) is 11.4 Å². The summed E-state index contributed by atoms with van der Waals surface area (Å²) in [5, 5.41) is 11.2. The highest BCUT2D eigenvalue weighted by Gasteiger charge is 2.19. The van der Waals surface area contributed by atoms with Crippen molar-refractivity contribution in [2.75, 3.05) is 7.11 Å². The highest BCUT2D eigenvalue weighted by molar-refractivity contribution is 5.86. The first-order chi connectivity index (χ1) is 10.7. The molecule has 0 spiro atoms. The van der Waals surface area contributed by atoms with Gasteiger partial charge in [-0.25, -0.2) is 4.79 Å². The summed E-state index contributed by atoms with van der Waals surface area (Å²) in [6.07, 6.45) is 0.251. The molecular weight excluding hydrogens is 294 g/mol. The fraction of sp³-hybridized carbons (Fsp3) is 0.529. The van der Waals surface area contributed by atoms with Crippen molar-refractivity contribution in [3.05, 3.63) is 23.4 Å². The van der Waals surface area contributed by atoms with Gasteiger partial charge in [-0.05, 0) is 52.7 Å². The second-order valence-electron chi connectivity index (χ2n) is 6.78. The maximum Gasteiger partial charge on any atom is 0.407 e. The Morgan fingerprint density at radius 2 is 2.09 bits per heavy atom. The lowest BCUT2D eigenvalue weighted by molar-refractivity contribution is 0.0508. The Bertz CT molecular complexity index is 701. The zero-order valence-corrected chi connectivity index (χ0v) is 14.6. The number of carbonyl (C=O) groups is 1. The number of aromatic amines is 1. The quantitative estimate of drug-likeness (QED) is 0.906. The number of nitrogens with zero attached hydrogens (tertiary/aromatic N) is 1. The van der Waals surface area contributed by atoms with Crippen LogP contribution in [0.5, 0.6) is 5.75 Å². The van der Waals surface area contributed by atoms with Crippen LogP contribution in [-0.2, 0) is 11.2 Å². The van der Waals surface area contributed by atoms with Crippen LogP contribution in [0, 0.1) is 6.92 Å². The molecule has 0 saturated carbocycles. The molecule has 0 aliphatic carbocycles. The minimum Gasteiger partial charge on any atom is -0.497 e. The number of hydrogen-bond donors (Lipinski definition) is 2. The molecule has 1 aromatic heterocycles. The number of nitrogens with one attached hydrogen (secondary N) is 2. The Kier molecular flexibility index (Phi) is 4.82. The lowest BCUT2D eigenvalue weighted by Gasteiger charge is -2.22. The van der Waals surface area contributed by atoms with Crippen molar-refractivity contribution < 1.29 is 14.3 Å². The molecule has 2 aromatic rings. The fourth-order valence-electron chi connectivity index (χ4n) is 2.55. The Balaban J connectivity index is 2.17. The van der Waals surface area contributed by atoms with E-state index in [1.807, 2.05) is 46.8 Å². The first-order valence-corrected chi connectivity index (χ1v) is 7.70. The van der Waals surface area contributed by atoms with Gasteiger partial charge in [0, 0.05) is 23.2 Å². The van der Waals surface area contributed by atoms with Crippen molar-refractivity contribution >= 4 is 17.0 Å². The topological polar surface area (TPSA) is 76.2 Å². The second-order valence-corrected chi connectivity index (χ2v) is 6.78. The van der Waals surface area contributed by atoms with Crippen molar-refractivity contribution in [3.63, 3.8) is 0 Å². The number of methoxy groups -OCH3 is 1. The van der Waals surface area contributed by atoms with Gasteiger partial charge < -0.3 is 14.8 Å². The standard InChI is InChI=1S/C17H25N3O3/c1-10(18-16(21)23-17(3,4)5)7-12-8-13(22-6)9-14-15(12)11(2)19-20-14/h8-10H,7H2,1-6H3,(H,18,21)(H,19,20)/t10-/m0/s1. The summed E-state index contributed by atoms with van der Waals surface area (Å²) in [6, 6.07) is 3.81. The van der Waals surface area contributed by atoms with Gasteiger partial charge >= 0.3 is 6.09 Å². The molecule has 23 heavy (non-hydrogen) atoms. The maximum atomic E-state index is 11.9. The number of hydrogen-bond acceptors (Lipinski definition) is 4. The Morgan fingerprint density at radius 1 is 1.39 bits per heavy atom. The zero-order chi connectivity index (χ0) is 17.2. The molecule has 0 unspecified atom stereocenters. The number of alkyl carbamates (subject to hydrolysis) is 1. The number of H-pyrrole nitrogens is 1. The molecule has 126 valence electrons. The zero-order valence-electron chi connectivity index (χ0n) is 14.6. The fourth-order valence-corrected chi connectivity index (χ4v) is 2.55. The van der Waals surface area contributed by atoms with Crippen LogP contribution in [0.4, 0.5) is 4.79 Å². The van der Waals surface area contributed by atoms with Gasteiger partial charge in [-0.3, -0.25) is 5.10 Å². The van der Waals surface area contributed by atoms with E-state index in [0.717, 1.165) is 27.9 Å². The van der Waals surface area contributed by atoms with Crippen molar-refractivity contribution in [2.24, 2.45) is 0 Å². The lowest BCUT2D eigenvalue weighted by Crippen LogP contribution is -2.38. The van der Waals surface area contributed by atoms with Crippen molar-refractivity contribution in [3.8, 4) is 5.75 Å². The largest absolute Gasteiger partial charge is 0.497 e. The molecule has 2 rings (SSSR count). The van der Waals surface area contributed by atoms with E-state index in [4.69, 9.17) is 9.47 Å². The molecule has 0 aliphatic heterocycles. The van der Waals surface area contributed by atoms with Gasteiger partial charge in [0.2, 0.25) is 0 Å². The molecule has 1 heterocycles. The van der Waals surface area contributed by atoms with Crippen LogP contribution in [0.2, 0.25) is 0 Å². The van der Waals surface area contributed by atoms with E-state index >= 15 is 0 Å². The van der Waals surface area contributed by atoms with Crippen molar-refractivity contribution in [2.45, 2.75) is 52.7 Å². The van der Waals surface area contributed by atoms with E-state index in [1.54, 1.807) is 7.11 Å². The Hall–Kier alpha value is -2.24. The third-order valence-corrected chi connectivity index (χ3v) is 3.42. The summed E-state index contributed by atoms with van der Waals surface area (Å²) in [5.41, 5.74) is 2.44. The average Bonchev–Trinajstić information content (AvgIpc) is 2.77. The van der Waals surface area contributed by atoms with Gasteiger partial charge in [0.25, 0.3) is 0 Å². The van der Waals surface area contributed by atoms with E-state index in [1.165, 1.54) is 0 Å². The molecule has 0 bridgehead atoms. The summed E-state index contributed by atoms with van der Waals surface area (Å²) in [4.78, 5) is 11.9. The van der Waals surface area contributed by atoms with Crippen LogP contribution in [0.3, 0.4) is 0 Å². The van der Waals surface area contributed by atoms with Crippen LogP contribution < -0.4 is 10.1 Å². The SMILES string of the molecule is COc1cc(C[C@H](C)NC(=O)OC(C)(C)C)c2c(C)[nH]nc2c1. The molecule has 1 aromatic carbocycles. The smallest absolute Gasteiger partial charge is 0.407 e. The summed E-state index contributed by atoms with van der Waals surface area (Å²) in [7, 11) is 1.63. The van der Waals surface area contributed by atoms with E-state index in [-0.39, 0.29) is 6.04 Å². The number of fused-ring (bicyclic) bond motifs is 1. The summed E-state index contributed by atoms with van der Waals surface area (Å²) in [6.45, 7) is 9.47. The molecule has 2 N–H and O–H groups in total. The van der Waals surface area contributed by atoms with Crippen LogP contribution in [0.1, 0.15) is 39.0 Å². The van der Waals surface area contributed by atoms with Gasteiger partial charge in [-0.2, -0.15) is 5.10 Å². The molecule has 6 nitrogen and oxygen atoms in total. The first-order valence-electron chi connectivity index (χ1n) is 7.70. The van der Waals surface area contributed by atoms with Crippen LogP contribution in [0.25, 0.3) is 10.9 Å². The highest BCUT2D eigenvalue weighted by Crippen LogP contribution is 2.27. The van der Waals surface area contributed by atoms with Crippen LogP contribution in [-0.4, -0.2) is 35.0 Å². The number of benzene rings is 1. The molecule has 6 heteroatoms. The Morgan fingerprint density at radius 3 is 2.70 bits per heavy atom. The van der Waals surface area contributed by atoms with Crippen LogP contribution >= 0.6 is 0 Å². The molecule has 1 amide bonds. The molecule has 1 atom stereocenters. The number of amides is 1. The highest BCUT2D eigenvalue weighted by atomic mass is 16.6. The lowest BCUT2D eigenvalue weighted by atomic mass is 10.0. The van der Waals surface area contributed by atoms with Crippen molar-refractivity contribution in [1.29, 1.82) is 0 Å². The van der Waals surface area contributed by atoms with E-state index < -0.39 is 11.7 Å².